The van der Waals surface area contributed by atoms with Gasteiger partial charge in [-0.1, -0.05) is 30.7 Å². The molecule has 2 N–H and O–H groups in total. The lowest BCUT2D eigenvalue weighted by Crippen LogP contribution is -2.38. The van der Waals surface area contributed by atoms with Crippen LogP contribution < -0.4 is 10.6 Å². The van der Waals surface area contributed by atoms with Crippen molar-refractivity contribution < 1.29 is 4.79 Å². The smallest absolute Gasteiger partial charge is 0.315 e. The Balaban J connectivity index is 1.63. The molecule has 1 aliphatic carbocycles. The van der Waals surface area contributed by atoms with Crippen LogP contribution in [0.2, 0.25) is 0 Å². The Hall–Kier alpha value is -2.30. The molecule has 1 aromatic heterocycles. The predicted molar refractivity (Wildman–Crippen MR) is 85.4 cm³/mol. The molecule has 1 aromatic carbocycles. The first-order chi connectivity index (χ1) is 10.5. The molecule has 1 heterocycles. The SMILES string of the molecule is Cc1ccc2c(c1)[C@@H](NC(=O)NCc1cn(C)cn1)[C@H](C)C2. The van der Waals surface area contributed by atoms with Crippen LogP contribution in [0.15, 0.2) is 30.7 Å². The lowest BCUT2D eigenvalue weighted by Gasteiger charge is -2.19. The first-order valence-corrected chi connectivity index (χ1v) is 7.63. The molecule has 116 valence electrons. The number of aryl methyl sites for hydroxylation is 2. The number of carbonyl (C=O) groups is 1. The maximum Gasteiger partial charge on any atom is 0.315 e. The summed E-state index contributed by atoms with van der Waals surface area (Å²) in [5.74, 6) is 0.414. The average Bonchev–Trinajstić information content (AvgIpc) is 3.02. The molecule has 0 radical (unpaired) electrons. The van der Waals surface area contributed by atoms with Crippen LogP contribution in [0.5, 0.6) is 0 Å². The van der Waals surface area contributed by atoms with E-state index in [2.05, 4.69) is 47.7 Å². The summed E-state index contributed by atoms with van der Waals surface area (Å²) in [5.41, 5.74) is 4.68. The van der Waals surface area contributed by atoms with Crippen molar-refractivity contribution in [2.75, 3.05) is 0 Å². The third-order valence-electron chi connectivity index (χ3n) is 4.22. The van der Waals surface area contributed by atoms with E-state index < -0.39 is 0 Å². The maximum absolute atomic E-state index is 12.2. The minimum absolute atomic E-state index is 0.0821. The van der Waals surface area contributed by atoms with Crippen molar-refractivity contribution in [3.8, 4) is 0 Å². The molecule has 2 amide bonds. The van der Waals surface area contributed by atoms with Crippen LogP contribution in [0, 0.1) is 12.8 Å². The highest BCUT2D eigenvalue weighted by molar-refractivity contribution is 5.74. The number of carbonyl (C=O) groups excluding carboxylic acids is 1. The second kappa shape index (κ2) is 5.83. The van der Waals surface area contributed by atoms with Gasteiger partial charge >= 0.3 is 6.03 Å². The zero-order valence-corrected chi connectivity index (χ0v) is 13.3. The first-order valence-electron chi connectivity index (χ1n) is 7.63. The second-order valence-corrected chi connectivity index (χ2v) is 6.22. The molecule has 0 saturated heterocycles. The standard InChI is InChI=1S/C17H22N4O/c1-11-4-5-13-7-12(2)16(15(13)6-11)20-17(22)18-8-14-9-21(3)10-19-14/h4-6,9-10,12,16H,7-8H2,1-3H3,(H2,18,20,22)/t12-,16+/m1/s1. The summed E-state index contributed by atoms with van der Waals surface area (Å²) in [5, 5.41) is 5.98. The molecule has 3 rings (SSSR count). The zero-order valence-electron chi connectivity index (χ0n) is 13.3. The monoisotopic (exact) mass is 298 g/mol. The number of benzene rings is 1. The van der Waals surface area contributed by atoms with Crippen LogP contribution in [0.25, 0.3) is 0 Å². The van der Waals surface area contributed by atoms with E-state index in [-0.39, 0.29) is 12.1 Å². The van der Waals surface area contributed by atoms with Crippen LogP contribution in [0.1, 0.15) is 35.3 Å². The van der Waals surface area contributed by atoms with Gasteiger partial charge in [-0.05, 0) is 30.4 Å². The average molecular weight is 298 g/mol. The predicted octanol–water partition coefficient (Wildman–Crippen LogP) is 2.46. The van der Waals surface area contributed by atoms with E-state index in [4.69, 9.17) is 0 Å². The number of hydrogen-bond donors (Lipinski definition) is 2. The van der Waals surface area contributed by atoms with Gasteiger partial charge in [0.05, 0.1) is 24.6 Å². The first kappa shape index (κ1) is 14.6. The number of nitrogens with one attached hydrogen (secondary N) is 2. The fraction of sp³-hybridized carbons (Fsp3) is 0.412. The molecule has 22 heavy (non-hydrogen) atoms. The molecule has 5 heteroatoms. The highest BCUT2D eigenvalue weighted by atomic mass is 16.2. The molecule has 2 aromatic rings. The highest BCUT2D eigenvalue weighted by Gasteiger charge is 2.30. The fourth-order valence-corrected chi connectivity index (χ4v) is 3.10. The van der Waals surface area contributed by atoms with Crippen molar-refractivity contribution in [3.63, 3.8) is 0 Å². The number of hydrogen-bond acceptors (Lipinski definition) is 2. The summed E-state index contributed by atoms with van der Waals surface area (Å²) in [7, 11) is 1.91. The molecular weight excluding hydrogens is 276 g/mol. The van der Waals surface area contributed by atoms with Gasteiger partial charge in [-0.15, -0.1) is 0 Å². The van der Waals surface area contributed by atoms with Crippen LogP contribution in [0.3, 0.4) is 0 Å². The van der Waals surface area contributed by atoms with Gasteiger partial charge in [-0.3, -0.25) is 0 Å². The van der Waals surface area contributed by atoms with Gasteiger partial charge in [0.15, 0.2) is 0 Å². The number of aromatic nitrogens is 2. The summed E-state index contributed by atoms with van der Waals surface area (Å²) in [4.78, 5) is 16.4. The van der Waals surface area contributed by atoms with Gasteiger partial charge in [-0.2, -0.15) is 0 Å². The Morgan fingerprint density at radius 2 is 2.27 bits per heavy atom. The number of amides is 2. The molecular formula is C17H22N4O. The molecule has 0 aliphatic heterocycles. The molecule has 0 saturated carbocycles. The Bertz CT molecular complexity index is 692. The minimum Gasteiger partial charge on any atom is -0.340 e. The summed E-state index contributed by atoms with van der Waals surface area (Å²) in [6, 6.07) is 6.43. The number of rotatable bonds is 3. The van der Waals surface area contributed by atoms with E-state index in [1.54, 1.807) is 6.33 Å². The van der Waals surface area contributed by atoms with Crippen LogP contribution in [-0.4, -0.2) is 15.6 Å². The molecule has 0 bridgehead atoms. The molecule has 0 unspecified atom stereocenters. The molecule has 0 spiro atoms. The van der Waals surface area contributed by atoms with E-state index in [1.165, 1.54) is 16.7 Å². The maximum atomic E-state index is 12.2. The number of nitrogens with zero attached hydrogens (tertiary/aromatic N) is 2. The number of fused-ring (bicyclic) bond motifs is 1. The van der Waals surface area contributed by atoms with Gasteiger partial charge in [0, 0.05) is 13.2 Å². The normalized spacial score (nSPS) is 19.8. The summed E-state index contributed by atoms with van der Waals surface area (Å²) in [6.07, 6.45) is 4.64. The van der Waals surface area contributed by atoms with E-state index in [0.717, 1.165) is 12.1 Å². The lowest BCUT2D eigenvalue weighted by molar-refractivity contribution is 0.233. The minimum atomic E-state index is -0.142. The van der Waals surface area contributed by atoms with Gasteiger partial charge in [0.25, 0.3) is 0 Å². The number of urea groups is 1. The molecule has 2 atom stereocenters. The third kappa shape index (κ3) is 2.98. The molecule has 0 fully saturated rings. The lowest BCUT2D eigenvalue weighted by atomic mass is 10.0. The van der Waals surface area contributed by atoms with Gasteiger partial charge < -0.3 is 15.2 Å². The second-order valence-electron chi connectivity index (χ2n) is 6.22. The fourth-order valence-electron chi connectivity index (χ4n) is 3.10. The van der Waals surface area contributed by atoms with Crippen molar-refractivity contribution in [2.24, 2.45) is 13.0 Å². The highest BCUT2D eigenvalue weighted by Crippen LogP contribution is 2.36. The van der Waals surface area contributed by atoms with Crippen LogP contribution in [-0.2, 0) is 20.0 Å². The molecule has 5 nitrogen and oxygen atoms in total. The number of imidazole rings is 1. The Morgan fingerprint density at radius 3 is 3.00 bits per heavy atom. The summed E-state index contributed by atoms with van der Waals surface area (Å²) >= 11 is 0. The van der Waals surface area contributed by atoms with Gasteiger partial charge in [0.1, 0.15) is 0 Å². The van der Waals surface area contributed by atoms with Crippen molar-refractivity contribution in [2.45, 2.75) is 32.9 Å². The van der Waals surface area contributed by atoms with Gasteiger partial charge in [-0.25, -0.2) is 9.78 Å². The largest absolute Gasteiger partial charge is 0.340 e. The summed E-state index contributed by atoms with van der Waals surface area (Å²) < 4.78 is 1.87. The summed E-state index contributed by atoms with van der Waals surface area (Å²) in [6.45, 7) is 4.70. The van der Waals surface area contributed by atoms with Gasteiger partial charge in [0.2, 0.25) is 0 Å². The van der Waals surface area contributed by atoms with Crippen molar-refractivity contribution in [1.29, 1.82) is 0 Å². The van der Waals surface area contributed by atoms with E-state index in [9.17, 15) is 4.79 Å². The Morgan fingerprint density at radius 1 is 1.45 bits per heavy atom. The Labute approximate surface area is 130 Å². The Kier molecular flexibility index (Phi) is 3.88. The molecule has 1 aliphatic rings. The van der Waals surface area contributed by atoms with Crippen LogP contribution >= 0.6 is 0 Å². The third-order valence-corrected chi connectivity index (χ3v) is 4.22. The quantitative estimate of drug-likeness (QED) is 0.914. The van der Waals surface area contributed by atoms with Crippen molar-refractivity contribution in [3.05, 3.63) is 53.1 Å². The van der Waals surface area contributed by atoms with Crippen molar-refractivity contribution >= 4 is 6.03 Å². The zero-order chi connectivity index (χ0) is 15.7. The van der Waals surface area contributed by atoms with E-state index in [0.29, 0.717) is 12.5 Å². The van der Waals surface area contributed by atoms with E-state index in [1.807, 2.05) is 17.8 Å². The van der Waals surface area contributed by atoms with Crippen molar-refractivity contribution in [1.82, 2.24) is 20.2 Å². The van der Waals surface area contributed by atoms with E-state index >= 15 is 0 Å². The topological polar surface area (TPSA) is 59.0 Å². The van der Waals surface area contributed by atoms with Crippen LogP contribution in [0.4, 0.5) is 4.79 Å².